The van der Waals surface area contributed by atoms with Crippen LogP contribution in [0.25, 0.3) is 11.4 Å². The average Bonchev–Trinajstić information content (AvgIpc) is 3.26. The molecule has 3 aromatic carbocycles. The Labute approximate surface area is 163 Å². The second-order valence-electron chi connectivity index (χ2n) is 6.04. The van der Waals surface area contributed by atoms with E-state index in [1.165, 1.54) is 17.1 Å². The number of nitrogens with zero attached hydrogens (tertiary/aromatic N) is 4. The Kier molecular flexibility index (Phi) is 5.35. The van der Waals surface area contributed by atoms with Crippen LogP contribution in [0.4, 0.5) is 17.1 Å². The molecule has 0 bridgehead atoms. The molecule has 5 rings (SSSR count). The Hall–Kier alpha value is -3.99. The minimum atomic E-state index is 0.852. The molecule has 0 saturated carbocycles. The van der Waals surface area contributed by atoms with Crippen molar-refractivity contribution in [3.8, 4) is 11.4 Å². The number of rotatable bonds is 3. The van der Waals surface area contributed by atoms with E-state index in [4.69, 9.17) is 0 Å². The third-order valence-corrected chi connectivity index (χ3v) is 4.18. The van der Waals surface area contributed by atoms with E-state index in [-0.39, 0.29) is 0 Å². The molecule has 0 fully saturated rings. The fourth-order valence-corrected chi connectivity index (χ4v) is 2.89. The van der Waals surface area contributed by atoms with Crippen LogP contribution >= 0.6 is 0 Å². The van der Waals surface area contributed by atoms with Gasteiger partial charge >= 0.3 is 0 Å². The summed E-state index contributed by atoms with van der Waals surface area (Å²) in [4.78, 5) is 6.23. The van der Waals surface area contributed by atoms with E-state index in [0.29, 0.717) is 0 Å². The third-order valence-electron chi connectivity index (χ3n) is 4.18. The summed E-state index contributed by atoms with van der Waals surface area (Å²) < 4.78 is 0. The van der Waals surface area contributed by atoms with Gasteiger partial charge in [0.1, 0.15) is 5.69 Å². The van der Waals surface area contributed by atoms with Gasteiger partial charge in [-0.1, -0.05) is 59.8 Å². The van der Waals surface area contributed by atoms with Crippen LogP contribution in [0.15, 0.2) is 109 Å². The minimum absolute atomic E-state index is 0.852. The second-order valence-corrected chi connectivity index (χ2v) is 6.04. The van der Waals surface area contributed by atoms with Gasteiger partial charge in [-0.3, -0.25) is 10.1 Å². The molecule has 0 unspecified atom stereocenters. The van der Waals surface area contributed by atoms with Crippen molar-refractivity contribution < 1.29 is 0 Å². The number of aromatic amines is 1. The average molecular weight is 365 g/mol. The standard InChI is InChI=1S/C18H15N.C5H4N4/c1-4-10-16(11-5-1)19(17-12-6-2-7-13-17)18-14-8-3-9-15-18;1-2-6-5-3-7-9-8-4(1)5/h1-15H;1-3H,(H,7,8). The summed E-state index contributed by atoms with van der Waals surface area (Å²) in [5.74, 6) is 0. The first kappa shape index (κ1) is 17.4. The molecule has 0 aromatic heterocycles. The monoisotopic (exact) mass is 365 g/mol. The van der Waals surface area contributed by atoms with E-state index in [1.54, 1.807) is 12.4 Å². The Morgan fingerprint density at radius 3 is 1.57 bits per heavy atom. The number of hydrogen-bond acceptors (Lipinski definition) is 4. The Morgan fingerprint density at radius 1 is 0.607 bits per heavy atom. The molecule has 2 heterocycles. The lowest BCUT2D eigenvalue weighted by Crippen LogP contribution is -2.09. The summed E-state index contributed by atoms with van der Waals surface area (Å²) in [6.45, 7) is 0. The molecule has 0 spiro atoms. The van der Waals surface area contributed by atoms with Gasteiger partial charge < -0.3 is 4.90 Å². The SMILES string of the molecule is c1cc2[nH]nncc-2n1.c1ccc(N(c2ccccc2)c2ccccc2)cc1. The maximum atomic E-state index is 3.98. The van der Waals surface area contributed by atoms with Gasteiger partial charge in [0.25, 0.3) is 0 Å². The van der Waals surface area contributed by atoms with Crippen molar-refractivity contribution in [3.05, 3.63) is 109 Å². The van der Waals surface area contributed by atoms with E-state index >= 15 is 0 Å². The molecule has 2 aliphatic rings. The fraction of sp³-hybridized carbons (Fsp3) is 0. The van der Waals surface area contributed by atoms with Crippen LogP contribution in [0.2, 0.25) is 0 Å². The molecule has 0 amide bonds. The Balaban J connectivity index is 0.000000177. The summed E-state index contributed by atoms with van der Waals surface area (Å²) >= 11 is 0. The van der Waals surface area contributed by atoms with E-state index in [1.807, 2.05) is 24.3 Å². The molecule has 28 heavy (non-hydrogen) atoms. The number of nitrogens with one attached hydrogen (secondary N) is 1. The van der Waals surface area contributed by atoms with Gasteiger partial charge in [-0.2, -0.15) is 0 Å². The molecule has 0 saturated heterocycles. The molecule has 136 valence electrons. The zero-order valence-corrected chi connectivity index (χ0v) is 15.2. The largest absolute Gasteiger partial charge is 0.311 e. The lowest BCUT2D eigenvalue weighted by molar-refractivity contribution is 0.867. The van der Waals surface area contributed by atoms with Crippen molar-refractivity contribution in [1.82, 2.24) is 20.4 Å². The lowest BCUT2D eigenvalue weighted by atomic mass is 10.2. The second kappa shape index (κ2) is 8.60. The lowest BCUT2D eigenvalue weighted by Gasteiger charge is -2.25. The highest BCUT2D eigenvalue weighted by molar-refractivity contribution is 5.76. The van der Waals surface area contributed by atoms with Crippen LogP contribution < -0.4 is 4.90 Å². The number of anilines is 3. The highest BCUT2D eigenvalue weighted by Gasteiger charge is 2.10. The van der Waals surface area contributed by atoms with Gasteiger partial charge in [0.05, 0.1) is 11.9 Å². The number of H-pyrrole nitrogens is 1. The molecular formula is C23H19N5. The smallest absolute Gasteiger partial charge is 0.108 e. The van der Waals surface area contributed by atoms with E-state index in [2.05, 4.69) is 98.1 Å². The summed E-state index contributed by atoms with van der Waals surface area (Å²) in [6.07, 6.45) is 3.33. The Morgan fingerprint density at radius 2 is 1.11 bits per heavy atom. The molecule has 0 radical (unpaired) electrons. The van der Waals surface area contributed by atoms with Crippen LogP contribution in [-0.2, 0) is 0 Å². The zero-order chi connectivity index (χ0) is 19.0. The molecule has 2 aliphatic heterocycles. The van der Waals surface area contributed by atoms with Crippen LogP contribution in [0.3, 0.4) is 0 Å². The van der Waals surface area contributed by atoms with Gasteiger partial charge in [0.2, 0.25) is 0 Å². The predicted molar refractivity (Wildman–Crippen MR) is 112 cm³/mol. The van der Waals surface area contributed by atoms with Gasteiger partial charge in [-0.15, -0.1) is 5.10 Å². The van der Waals surface area contributed by atoms with Crippen molar-refractivity contribution in [2.45, 2.75) is 0 Å². The van der Waals surface area contributed by atoms with Crippen molar-refractivity contribution in [2.24, 2.45) is 0 Å². The molecule has 1 N–H and O–H groups in total. The van der Waals surface area contributed by atoms with Crippen molar-refractivity contribution >= 4 is 17.1 Å². The third kappa shape index (κ3) is 4.04. The highest BCUT2D eigenvalue weighted by atomic mass is 15.3. The van der Waals surface area contributed by atoms with Crippen molar-refractivity contribution in [2.75, 3.05) is 4.90 Å². The maximum Gasteiger partial charge on any atom is 0.108 e. The normalized spacial score (nSPS) is 10.1. The topological polar surface area (TPSA) is 57.7 Å². The molecular weight excluding hydrogens is 346 g/mol. The summed E-state index contributed by atoms with van der Waals surface area (Å²) in [6, 6.07) is 33.1. The van der Waals surface area contributed by atoms with Gasteiger partial charge in [-0.05, 0) is 42.5 Å². The molecule has 0 atom stereocenters. The zero-order valence-electron chi connectivity index (χ0n) is 15.2. The molecule has 3 aromatic rings. The van der Waals surface area contributed by atoms with Crippen molar-refractivity contribution in [3.63, 3.8) is 0 Å². The number of para-hydroxylation sites is 3. The van der Waals surface area contributed by atoms with E-state index in [9.17, 15) is 0 Å². The van der Waals surface area contributed by atoms with Gasteiger partial charge in [-0.25, -0.2) is 0 Å². The number of hydrogen-bond donors (Lipinski definition) is 1. The predicted octanol–water partition coefficient (Wildman–Crippen LogP) is 5.46. The number of fused-ring (bicyclic) bond motifs is 1. The molecule has 5 nitrogen and oxygen atoms in total. The minimum Gasteiger partial charge on any atom is -0.311 e. The Bertz CT molecular complexity index is 940. The van der Waals surface area contributed by atoms with Crippen LogP contribution in [0, 0.1) is 0 Å². The first-order valence-electron chi connectivity index (χ1n) is 8.98. The number of aromatic nitrogens is 4. The van der Waals surface area contributed by atoms with Crippen LogP contribution in [-0.4, -0.2) is 20.4 Å². The van der Waals surface area contributed by atoms with E-state index in [0.717, 1.165) is 11.4 Å². The van der Waals surface area contributed by atoms with Crippen molar-refractivity contribution in [1.29, 1.82) is 0 Å². The number of benzene rings is 3. The van der Waals surface area contributed by atoms with E-state index < -0.39 is 0 Å². The summed E-state index contributed by atoms with van der Waals surface area (Å²) in [5.41, 5.74) is 5.27. The summed E-state index contributed by atoms with van der Waals surface area (Å²) in [7, 11) is 0. The maximum absolute atomic E-state index is 3.98. The van der Waals surface area contributed by atoms with Gasteiger partial charge in [0.15, 0.2) is 0 Å². The first-order chi connectivity index (χ1) is 13.9. The summed E-state index contributed by atoms with van der Waals surface area (Å²) in [5, 5.41) is 9.89. The first-order valence-corrected chi connectivity index (χ1v) is 8.98. The van der Waals surface area contributed by atoms with Crippen LogP contribution in [0.5, 0.6) is 0 Å². The van der Waals surface area contributed by atoms with Crippen LogP contribution in [0.1, 0.15) is 0 Å². The fourth-order valence-electron chi connectivity index (χ4n) is 2.89. The molecule has 0 aliphatic carbocycles. The highest BCUT2D eigenvalue weighted by Crippen LogP contribution is 2.33. The molecule has 5 heteroatoms. The quantitative estimate of drug-likeness (QED) is 0.461. The van der Waals surface area contributed by atoms with Gasteiger partial charge in [0, 0.05) is 23.3 Å².